The van der Waals surface area contributed by atoms with Gasteiger partial charge in [-0.3, -0.25) is 14.9 Å². The van der Waals surface area contributed by atoms with Crippen molar-refractivity contribution >= 4 is 17.3 Å². The van der Waals surface area contributed by atoms with E-state index in [9.17, 15) is 19.3 Å². The highest BCUT2D eigenvalue weighted by atomic mass is 19.1. The fourth-order valence-electron chi connectivity index (χ4n) is 3.96. The Morgan fingerprint density at radius 2 is 2.00 bits per heavy atom. The molecule has 0 aliphatic heterocycles. The Morgan fingerprint density at radius 3 is 2.64 bits per heavy atom. The number of nitrogen functional groups attached to an aromatic ring is 1. The molecule has 0 unspecified atom stereocenters. The summed E-state index contributed by atoms with van der Waals surface area (Å²) in [6.07, 6.45) is 3.77. The van der Waals surface area contributed by atoms with Crippen LogP contribution >= 0.6 is 0 Å². The number of anilines is 1. The van der Waals surface area contributed by atoms with E-state index in [2.05, 4.69) is 5.32 Å². The van der Waals surface area contributed by atoms with Gasteiger partial charge in [0.15, 0.2) is 0 Å². The minimum absolute atomic E-state index is 0.236. The van der Waals surface area contributed by atoms with E-state index in [0.717, 1.165) is 43.1 Å². The van der Waals surface area contributed by atoms with Crippen LogP contribution in [-0.4, -0.2) is 24.5 Å². The molecule has 0 bridgehead atoms. The number of ether oxygens (including phenoxy) is 1. The van der Waals surface area contributed by atoms with Gasteiger partial charge in [0.25, 0.3) is 11.6 Å². The van der Waals surface area contributed by atoms with Crippen LogP contribution in [0, 0.1) is 15.9 Å². The first-order valence-corrected chi connectivity index (χ1v) is 9.03. The number of carbonyl (C=O) groups is 1. The number of hydrogen-bond acceptors (Lipinski definition) is 5. The number of hydrogen-bond donors (Lipinski definition) is 2. The molecule has 28 heavy (non-hydrogen) atoms. The lowest BCUT2D eigenvalue weighted by Crippen LogP contribution is -2.39. The van der Waals surface area contributed by atoms with Gasteiger partial charge in [0.2, 0.25) is 0 Å². The molecule has 7 nitrogen and oxygen atoms in total. The Morgan fingerprint density at radius 1 is 1.32 bits per heavy atom. The van der Waals surface area contributed by atoms with Crippen molar-refractivity contribution in [2.75, 3.05) is 19.4 Å². The molecule has 2 aromatic carbocycles. The average Bonchev–Trinajstić information content (AvgIpc) is 3.17. The molecule has 0 radical (unpaired) electrons. The largest absolute Gasteiger partial charge is 0.496 e. The molecule has 0 heterocycles. The molecule has 0 aromatic heterocycles. The number of nitro benzene ring substituents is 1. The Kier molecular flexibility index (Phi) is 5.48. The SMILES string of the molecule is COc1ccccc1C1(CNC(=O)c2cc(F)cc([N+](=O)[O-])c2N)CCCC1. The maximum Gasteiger partial charge on any atom is 0.295 e. The van der Waals surface area contributed by atoms with Crippen molar-refractivity contribution in [1.29, 1.82) is 0 Å². The first kappa shape index (κ1) is 19.6. The minimum atomic E-state index is -0.883. The summed E-state index contributed by atoms with van der Waals surface area (Å²) in [7, 11) is 1.60. The van der Waals surface area contributed by atoms with Crippen molar-refractivity contribution in [3.05, 3.63) is 63.5 Å². The van der Waals surface area contributed by atoms with E-state index < -0.39 is 22.3 Å². The summed E-state index contributed by atoms with van der Waals surface area (Å²) in [6.45, 7) is 0.302. The standard InChI is InChI=1S/C20H22FN3O4/c1-28-17-7-3-2-6-15(17)20(8-4-5-9-20)12-23-19(25)14-10-13(21)11-16(18(14)22)24(26)27/h2-3,6-7,10-11H,4-5,8-9,12,22H2,1H3,(H,23,25). The normalized spacial score (nSPS) is 15.2. The van der Waals surface area contributed by atoms with Gasteiger partial charge < -0.3 is 15.8 Å². The van der Waals surface area contributed by atoms with Crippen LogP contribution in [0.2, 0.25) is 0 Å². The van der Waals surface area contributed by atoms with Gasteiger partial charge in [0, 0.05) is 17.5 Å². The smallest absolute Gasteiger partial charge is 0.295 e. The molecule has 1 aliphatic carbocycles. The van der Waals surface area contributed by atoms with Gasteiger partial charge in [0.1, 0.15) is 17.3 Å². The molecule has 2 aromatic rings. The van der Waals surface area contributed by atoms with Crippen molar-refractivity contribution < 1.29 is 18.8 Å². The van der Waals surface area contributed by atoms with Crippen LogP contribution in [0.25, 0.3) is 0 Å². The number of nitrogens with two attached hydrogens (primary N) is 1. The Balaban J connectivity index is 1.88. The number of carbonyl (C=O) groups excluding carboxylic acids is 1. The van der Waals surface area contributed by atoms with Crippen LogP contribution in [0.3, 0.4) is 0 Å². The van der Waals surface area contributed by atoms with E-state index in [4.69, 9.17) is 10.5 Å². The van der Waals surface area contributed by atoms with Crippen molar-refractivity contribution in [3.8, 4) is 5.75 Å². The second kappa shape index (κ2) is 7.84. The van der Waals surface area contributed by atoms with Gasteiger partial charge >= 0.3 is 0 Å². The molecule has 1 amide bonds. The maximum atomic E-state index is 13.8. The third kappa shape index (κ3) is 3.62. The topological polar surface area (TPSA) is 107 Å². The Hall–Kier alpha value is -3.16. The van der Waals surface area contributed by atoms with Crippen molar-refractivity contribution in [3.63, 3.8) is 0 Å². The summed E-state index contributed by atoms with van der Waals surface area (Å²) >= 11 is 0. The lowest BCUT2D eigenvalue weighted by Gasteiger charge is -2.31. The first-order valence-electron chi connectivity index (χ1n) is 9.03. The zero-order valence-electron chi connectivity index (χ0n) is 15.5. The Labute approximate surface area is 161 Å². The number of nitro groups is 1. The lowest BCUT2D eigenvalue weighted by molar-refractivity contribution is -0.384. The molecule has 1 saturated carbocycles. The van der Waals surface area contributed by atoms with E-state index in [-0.39, 0.29) is 16.7 Å². The van der Waals surface area contributed by atoms with Crippen LogP contribution in [0.5, 0.6) is 5.75 Å². The van der Waals surface area contributed by atoms with E-state index in [1.165, 1.54) is 0 Å². The number of methoxy groups -OCH3 is 1. The fourth-order valence-corrected chi connectivity index (χ4v) is 3.96. The quantitative estimate of drug-likeness (QED) is 0.448. The van der Waals surface area contributed by atoms with Crippen molar-refractivity contribution in [2.45, 2.75) is 31.1 Å². The molecule has 1 fully saturated rings. The number of nitrogens with zero attached hydrogens (tertiary/aromatic N) is 1. The Bertz CT molecular complexity index is 910. The minimum Gasteiger partial charge on any atom is -0.496 e. The maximum absolute atomic E-state index is 13.8. The summed E-state index contributed by atoms with van der Waals surface area (Å²) < 4.78 is 19.2. The lowest BCUT2D eigenvalue weighted by atomic mass is 9.78. The van der Waals surface area contributed by atoms with E-state index in [1.54, 1.807) is 7.11 Å². The molecule has 3 N–H and O–H groups in total. The number of halogens is 1. The van der Waals surface area contributed by atoms with Crippen LogP contribution < -0.4 is 15.8 Å². The predicted octanol–water partition coefficient (Wildman–Crippen LogP) is 3.57. The zero-order valence-corrected chi connectivity index (χ0v) is 15.5. The molecule has 3 rings (SSSR count). The highest BCUT2D eigenvalue weighted by Gasteiger charge is 2.38. The molecule has 8 heteroatoms. The first-order chi connectivity index (χ1) is 13.4. The summed E-state index contributed by atoms with van der Waals surface area (Å²) in [5.41, 5.74) is 5.24. The second-order valence-electron chi connectivity index (χ2n) is 7.01. The average molecular weight is 387 g/mol. The second-order valence-corrected chi connectivity index (χ2v) is 7.01. The monoisotopic (exact) mass is 387 g/mol. The van der Waals surface area contributed by atoms with Gasteiger partial charge in [-0.25, -0.2) is 4.39 Å². The van der Waals surface area contributed by atoms with Crippen LogP contribution in [0.1, 0.15) is 41.6 Å². The molecule has 148 valence electrons. The highest BCUT2D eigenvalue weighted by Crippen LogP contribution is 2.44. The molecule has 1 aliphatic rings. The third-order valence-electron chi connectivity index (χ3n) is 5.39. The highest BCUT2D eigenvalue weighted by molar-refractivity contribution is 6.01. The van der Waals surface area contributed by atoms with Crippen LogP contribution in [-0.2, 0) is 5.41 Å². The van der Waals surface area contributed by atoms with Gasteiger partial charge in [-0.2, -0.15) is 0 Å². The van der Waals surface area contributed by atoms with Crippen LogP contribution in [0.15, 0.2) is 36.4 Å². The molecular formula is C20H22FN3O4. The van der Waals surface area contributed by atoms with Crippen molar-refractivity contribution in [1.82, 2.24) is 5.32 Å². The molecular weight excluding hydrogens is 365 g/mol. The van der Waals surface area contributed by atoms with Gasteiger partial charge in [0.05, 0.1) is 23.7 Å². The van der Waals surface area contributed by atoms with Gasteiger partial charge in [-0.15, -0.1) is 0 Å². The predicted molar refractivity (Wildman–Crippen MR) is 103 cm³/mol. The zero-order chi connectivity index (χ0) is 20.3. The van der Waals surface area contributed by atoms with E-state index in [1.807, 2.05) is 24.3 Å². The summed E-state index contributed by atoms with van der Waals surface area (Å²) in [5.74, 6) is -0.771. The summed E-state index contributed by atoms with van der Waals surface area (Å²) in [4.78, 5) is 22.9. The summed E-state index contributed by atoms with van der Waals surface area (Å²) in [5, 5.41) is 13.8. The third-order valence-corrected chi connectivity index (χ3v) is 5.39. The van der Waals surface area contributed by atoms with Crippen LogP contribution in [0.4, 0.5) is 15.8 Å². The number of amides is 1. The molecule has 0 atom stereocenters. The van der Waals surface area contributed by atoms with Gasteiger partial charge in [-0.1, -0.05) is 31.0 Å². The van der Waals surface area contributed by atoms with E-state index in [0.29, 0.717) is 12.6 Å². The van der Waals surface area contributed by atoms with Gasteiger partial charge in [-0.05, 0) is 25.0 Å². The molecule has 0 saturated heterocycles. The number of benzene rings is 2. The van der Waals surface area contributed by atoms with E-state index >= 15 is 0 Å². The number of para-hydroxylation sites is 1. The number of nitrogens with one attached hydrogen (secondary N) is 1. The fraction of sp³-hybridized carbons (Fsp3) is 0.350. The molecule has 0 spiro atoms. The van der Waals surface area contributed by atoms with Crippen molar-refractivity contribution in [2.24, 2.45) is 0 Å². The summed E-state index contributed by atoms with van der Waals surface area (Å²) in [6, 6.07) is 9.30. The number of rotatable bonds is 6.